The molecule has 2 N–H and O–H groups in total. The molecule has 0 fully saturated rings. The molecule has 0 bridgehead atoms. The van der Waals surface area contributed by atoms with E-state index in [1.54, 1.807) is 4.68 Å². The quantitative estimate of drug-likeness (QED) is 0.781. The van der Waals surface area contributed by atoms with Crippen LogP contribution in [0.4, 0.5) is 5.82 Å². The Morgan fingerprint density at radius 3 is 3.06 bits per heavy atom. The number of nitrogens with zero attached hydrogens (tertiary/aromatic N) is 4. The summed E-state index contributed by atoms with van der Waals surface area (Å²) in [6, 6.07) is 0. The highest BCUT2D eigenvalue weighted by molar-refractivity contribution is 5.85. The molecule has 2 aromatic rings. The first-order valence-electron chi connectivity index (χ1n) is 5.19. The van der Waals surface area contributed by atoms with Gasteiger partial charge in [-0.25, -0.2) is 9.97 Å². The van der Waals surface area contributed by atoms with E-state index in [-0.39, 0.29) is 12.5 Å². The van der Waals surface area contributed by atoms with Crippen LogP contribution in [0.2, 0.25) is 0 Å². The number of aliphatic hydroxyl groups excluding tert-OH is 1. The Morgan fingerprint density at radius 2 is 2.31 bits per heavy atom. The number of aliphatic hydroxyl groups is 1. The Hall–Kier alpha value is -1.69. The van der Waals surface area contributed by atoms with Crippen molar-refractivity contribution in [2.24, 2.45) is 13.0 Å². The minimum Gasteiger partial charge on any atom is -0.396 e. The van der Waals surface area contributed by atoms with Crippen molar-refractivity contribution in [2.45, 2.75) is 6.92 Å². The van der Waals surface area contributed by atoms with Crippen LogP contribution in [0.1, 0.15) is 6.92 Å². The van der Waals surface area contributed by atoms with Crippen LogP contribution in [-0.2, 0) is 7.05 Å². The van der Waals surface area contributed by atoms with Gasteiger partial charge >= 0.3 is 0 Å². The van der Waals surface area contributed by atoms with Gasteiger partial charge in [0.2, 0.25) is 0 Å². The largest absolute Gasteiger partial charge is 0.396 e. The van der Waals surface area contributed by atoms with E-state index in [9.17, 15) is 0 Å². The molecule has 0 aliphatic heterocycles. The topological polar surface area (TPSA) is 75.9 Å². The number of aromatic nitrogens is 4. The number of hydrogen-bond acceptors (Lipinski definition) is 5. The standard InChI is InChI=1S/C10H15N5O/c1-7(5-16)3-11-9-8-4-15(2)14-10(8)13-6-12-9/h4,6-7,16H,3,5H2,1-2H3,(H,11,12,13,14). The molecule has 0 saturated carbocycles. The van der Waals surface area contributed by atoms with Crippen LogP contribution in [0.25, 0.3) is 11.0 Å². The first kappa shape index (κ1) is 10.8. The summed E-state index contributed by atoms with van der Waals surface area (Å²) in [6.45, 7) is 2.81. The average molecular weight is 221 g/mol. The van der Waals surface area contributed by atoms with Gasteiger partial charge in [-0.3, -0.25) is 4.68 Å². The summed E-state index contributed by atoms with van der Waals surface area (Å²) in [5, 5.41) is 17.2. The molecule has 2 rings (SSSR count). The lowest BCUT2D eigenvalue weighted by atomic mass is 10.2. The molecule has 6 nitrogen and oxygen atoms in total. The van der Waals surface area contributed by atoms with Crippen LogP contribution in [-0.4, -0.2) is 38.0 Å². The first-order valence-corrected chi connectivity index (χ1v) is 5.19. The molecule has 0 aromatic carbocycles. The van der Waals surface area contributed by atoms with Crippen molar-refractivity contribution in [1.82, 2.24) is 19.7 Å². The minimum atomic E-state index is 0.161. The monoisotopic (exact) mass is 221 g/mol. The van der Waals surface area contributed by atoms with Crippen molar-refractivity contribution in [3.63, 3.8) is 0 Å². The van der Waals surface area contributed by atoms with Crippen LogP contribution in [0.3, 0.4) is 0 Å². The molecule has 2 aromatic heterocycles. The van der Waals surface area contributed by atoms with E-state index in [1.165, 1.54) is 6.33 Å². The third-order valence-corrected chi connectivity index (χ3v) is 2.36. The highest BCUT2D eigenvalue weighted by Gasteiger charge is 2.07. The second-order valence-corrected chi connectivity index (χ2v) is 3.93. The molecular weight excluding hydrogens is 206 g/mol. The van der Waals surface area contributed by atoms with Crippen molar-refractivity contribution in [1.29, 1.82) is 0 Å². The average Bonchev–Trinajstić information content (AvgIpc) is 2.66. The maximum absolute atomic E-state index is 8.94. The van der Waals surface area contributed by atoms with Gasteiger partial charge in [-0.1, -0.05) is 6.92 Å². The Bertz CT molecular complexity index is 481. The Morgan fingerprint density at radius 1 is 1.50 bits per heavy atom. The Labute approximate surface area is 93.3 Å². The highest BCUT2D eigenvalue weighted by atomic mass is 16.3. The normalized spacial score (nSPS) is 12.9. The van der Waals surface area contributed by atoms with Gasteiger partial charge in [-0.2, -0.15) is 5.10 Å². The van der Waals surface area contributed by atoms with Gasteiger partial charge < -0.3 is 10.4 Å². The van der Waals surface area contributed by atoms with E-state index in [4.69, 9.17) is 5.11 Å². The van der Waals surface area contributed by atoms with Crippen LogP contribution in [0.15, 0.2) is 12.5 Å². The molecule has 0 amide bonds. The Kier molecular flexibility index (Phi) is 3.00. The summed E-state index contributed by atoms with van der Waals surface area (Å²) >= 11 is 0. The summed E-state index contributed by atoms with van der Waals surface area (Å²) in [7, 11) is 1.85. The van der Waals surface area contributed by atoms with Crippen molar-refractivity contribution in [3.8, 4) is 0 Å². The zero-order valence-electron chi connectivity index (χ0n) is 9.38. The summed E-state index contributed by atoms with van der Waals surface area (Å²) < 4.78 is 1.71. The molecule has 0 spiro atoms. The number of hydrogen-bond donors (Lipinski definition) is 2. The molecule has 0 aliphatic rings. The smallest absolute Gasteiger partial charge is 0.186 e. The summed E-state index contributed by atoms with van der Waals surface area (Å²) in [5.41, 5.74) is 0.677. The lowest BCUT2D eigenvalue weighted by Gasteiger charge is -2.09. The second-order valence-electron chi connectivity index (χ2n) is 3.93. The first-order chi connectivity index (χ1) is 7.70. The van der Waals surface area contributed by atoms with E-state index < -0.39 is 0 Å². The fourth-order valence-corrected chi connectivity index (χ4v) is 1.43. The van der Waals surface area contributed by atoms with Gasteiger partial charge in [0.05, 0.1) is 5.39 Å². The highest BCUT2D eigenvalue weighted by Crippen LogP contribution is 2.17. The molecule has 2 heterocycles. The number of anilines is 1. The Balaban J connectivity index is 2.23. The molecule has 16 heavy (non-hydrogen) atoms. The molecule has 0 radical (unpaired) electrons. The molecule has 1 atom stereocenters. The molecule has 86 valence electrons. The summed E-state index contributed by atoms with van der Waals surface area (Å²) in [4.78, 5) is 8.25. The maximum atomic E-state index is 8.94. The fraction of sp³-hybridized carbons (Fsp3) is 0.500. The van der Waals surface area contributed by atoms with Crippen molar-refractivity contribution < 1.29 is 5.11 Å². The maximum Gasteiger partial charge on any atom is 0.186 e. The summed E-state index contributed by atoms with van der Waals surface area (Å²) in [5.74, 6) is 0.958. The van der Waals surface area contributed by atoms with E-state index >= 15 is 0 Å². The van der Waals surface area contributed by atoms with Gasteiger partial charge in [0.1, 0.15) is 12.1 Å². The van der Waals surface area contributed by atoms with Crippen molar-refractivity contribution in [2.75, 3.05) is 18.5 Å². The molecule has 1 unspecified atom stereocenters. The second kappa shape index (κ2) is 4.44. The molecule has 6 heteroatoms. The van der Waals surface area contributed by atoms with Crippen LogP contribution < -0.4 is 5.32 Å². The van der Waals surface area contributed by atoms with E-state index in [0.29, 0.717) is 12.2 Å². The van der Waals surface area contributed by atoms with Crippen LogP contribution in [0, 0.1) is 5.92 Å². The predicted molar refractivity (Wildman–Crippen MR) is 61.0 cm³/mol. The number of aryl methyl sites for hydroxylation is 1. The predicted octanol–water partition coefficient (Wildman–Crippen LogP) is 0.404. The third-order valence-electron chi connectivity index (χ3n) is 2.36. The van der Waals surface area contributed by atoms with E-state index in [2.05, 4.69) is 20.4 Å². The zero-order valence-corrected chi connectivity index (χ0v) is 9.38. The lowest BCUT2D eigenvalue weighted by molar-refractivity contribution is 0.244. The molecule has 0 aliphatic carbocycles. The van der Waals surface area contributed by atoms with Crippen LogP contribution >= 0.6 is 0 Å². The van der Waals surface area contributed by atoms with Gasteiger partial charge in [0.15, 0.2) is 5.65 Å². The number of nitrogens with one attached hydrogen (secondary N) is 1. The number of fused-ring (bicyclic) bond motifs is 1. The SMILES string of the molecule is CC(CO)CNc1ncnc2nn(C)cc12. The molecule has 0 saturated heterocycles. The molecular formula is C10H15N5O. The lowest BCUT2D eigenvalue weighted by Crippen LogP contribution is -2.15. The van der Waals surface area contributed by atoms with Gasteiger partial charge in [0.25, 0.3) is 0 Å². The van der Waals surface area contributed by atoms with Crippen LogP contribution in [0.5, 0.6) is 0 Å². The third kappa shape index (κ3) is 2.11. The zero-order chi connectivity index (χ0) is 11.5. The van der Waals surface area contributed by atoms with Gasteiger partial charge in [0, 0.05) is 26.4 Å². The minimum absolute atomic E-state index is 0.161. The van der Waals surface area contributed by atoms with Crippen molar-refractivity contribution in [3.05, 3.63) is 12.5 Å². The fourth-order valence-electron chi connectivity index (χ4n) is 1.43. The van der Waals surface area contributed by atoms with Gasteiger partial charge in [-0.15, -0.1) is 0 Å². The number of rotatable bonds is 4. The summed E-state index contributed by atoms with van der Waals surface area (Å²) in [6.07, 6.45) is 3.36. The van der Waals surface area contributed by atoms with Crippen molar-refractivity contribution >= 4 is 16.9 Å². The van der Waals surface area contributed by atoms with E-state index in [0.717, 1.165) is 11.2 Å². The van der Waals surface area contributed by atoms with Gasteiger partial charge in [-0.05, 0) is 5.92 Å². The van der Waals surface area contributed by atoms with E-state index in [1.807, 2.05) is 20.2 Å².